The van der Waals surface area contributed by atoms with Crippen LogP contribution in [0.4, 0.5) is 19.0 Å². The Morgan fingerprint density at radius 1 is 1.31 bits per heavy atom. The van der Waals surface area contributed by atoms with Crippen LogP contribution in [0, 0.1) is 0 Å². The first-order chi connectivity index (χ1) is 12.3. The second kappa shape index (κ2) is 9.21. The number of nitrogens with one attached hydrogen (secondary N) is 1. The van der Waals surface area contributed by atoms with Gasteiger partial charge in [0.2, 0.25) is 5.91 Å². The molecule has 1 fully saturated rings. The minimum absolute atomic E-state index is 0.00811. The largest absolute Gasteiger partial charge is 0.416 e. The van der Waals surface area contributed by atoms with Crippen molar-refractivity contribution in [3.05, 3.63) is 23.9 Å². The van der Waals surface area contributed by atoms with Crippen LogP contribution in [0.5, 0.6) is 0 Å². The summed E-state index contributed by atoms with van der Waals surface area (Å²) in [7, 11) is 1.69. The molecular formula is C18H26F3N3O2. The molecule has 0 spiro atoms. The van der Waals surface area contributed by atoms with E-state index in [0.29, 0.717) is 25.8 Å². The molecule has 2 rings (SSSR count). The first-order valence-electron chi connectivity index (χ1n) is 8.97. The Balaban J connectivity index is 1.68. The molecule has 0 aliphatic heterocycles. The molecule has 146 valence electrons. The molecule has 1 aliphatic carbocycles. The van der Waals surface area contributed by atoms with Crippen molar-refractivity contribution in [3.8, 4) is 0 Å². The van der Waals surface area contributed by atoms with Crippen molar-refractivity contribution >= 4 is 11.7 Å². The van der Waals surface area contributed by atoms with Gasteiger partial charge < -0.3 is 15.3 Å². The number of aliphatic hydroxyl groups is 1. The molecule has 0 aromatic carbocycles. The van der Waals surface area contributed by atoms with E-state index >= 15 is 0 Å². The van der Waals surface area contributed by atoms with Gasteiger partial charge in [-0.05, 0) is 50.7 Å². The minimum Gasteiger partial charge on any atom is -0.393 e. The first-order valence-corrected chi connectivity index (χ1v) is 8.97. The van der Waals surface area contributed by atoms with Gasteiger partial charge >= 0.3 is 6.18 Å². The lowest BCUT2D eigenvalue weighted by atomic mass is 9.93. The van der Waals surface area contributed by atoms with Crippen molar-refractivity contribution in [2.24, 2.45) is 0 Å². The summed E-state index contributed by atoms with van der Waals surface area (Å²) < 4.78 is 38.2. The Morgan fingerprint density at radius 3 is 2.65 bits per heavy atom. The van der Waals surface area contributed by atoms with E-state index in [4.69, 9.17) is 0 Å². The number of hydrogen-bond donors (Lipinski definition) is 2. The van der Waals surface area contributed by atoms with Crippen molar-refractivity contribution in [2.75, 3.05) is 18.5 Å². The third-order valence-corrected chi connectivity index (χ3v) is 4.67. The number of nitrogens with zero attached hydrogens (tertiary/aromatic N) is 2. The van der Waals surface area contributed by atoms with Gasteiger partial charge in [-0.2, -0.15) is 13.2 Å². The molecule has 1 saturated carbocycles. The normalized spacial score (nSPS) is 20.7. The summed E-state index contributed by atoms with van der Waals surface area (Å²) in [5.74, 6) is 0.260. The zero-order chi connectivity index (χ0) is 19.2. The molecule has 1 amide bonds. The lowest BCUT2D eigenvalue weighted by Gasteiger charge is -2.26. The monoisotopic (exact) mass is 373 g/mol. The summed E-state index contributed by atoms with van der Waals surface area (Å²) in [6.07, 6.45) is 1.31. The van der Waals surface area contributed by atoms with Crippen molar-refractivity contribution in [1.29, 1.82) is 0 Å². The second-order valence-corrected chi connectivity index (χ2v) is 6.85. The summed E-state index contributed by atoms with van der Waals surface area (Å²) in [5.41, 5.74) is -0.716. The molecule has 0 unspecified atom stereocenters. The Labute approximate surface area is 151 Å². The van der Waals surface area contributed by atoms with E-state index in [1.807, 2.05) is 0 Å². The number of amides is 1. The van der Waals surface area contributed by atoms with E-state index in [-0.39, 0.29) is 23.9 Å². The molecule has 1 aromatic rings. The van der Waals surface area contributed by atoms with Gasteiger partial charge in [0.1, 0.15) is 5.82 Å². The lowest BCUT2D eigenvalue weighted by molar-refractivity contribution is -0.137. The number of alkyl halides is 3. The molecule has 0 saturated heterocycles. The maximum absolute atomic E-state index is 12.7. The van der Waals surface area contributed by atoms with Crippen LogP contribution in [0.25, 0.3) is 0 Å². The Kier molecular flexibility index (Phi) is 7.25. The Morgan fingerprint density at radius 2 is 2.00 bits per heavy atom. The molecule has 2 N–H and O–H groups in total. The lowest BCUT2D eigenvalue weighted by Crippen LogP contribution is -2.38. The van der Waals surface area contributed by atoms with Crippen LogP contribution in [0.15, 0.2) is 18.3 Å². The number of rotatable bonds is 7. The predicted molar refractivity (Wildman–Crippen MR) is 92.8 cm³/mol. The van der Waals surface area contributed by atoms with Gasteiger partial charge in [0, 0.05) is 32.3 Å². The Bertz CT molecular complexity index is 587. The zero-order valence-electron chi connectivity index (χ0n) is 14.9. The molecule has 1 aromatic heterocycles. The fourth-order valence-corrected chi connectivity index (χ4v) is 3.07. The highest BCUT2D eigenvalue weighted by atomic mass is 19.4. The molecular weight excluding hydrogens is 347 g/mol. The van der Waals surface area contributed by atoms with Crippen LogP contribution in [0.3, 0.4) is 0 Å². The number of carbonyl (C=O) groups excluding carboxylic acids is 1. The summed E-state index contributed by atoms with van der Waals surface area (Å²) >= 11 is 0. The van der Waals surface area contributed by atoms with Gasteiger partial charge in [-0.25, -0.2) is 4.98 Å². The molecule has 0 bridgehead atoms. The fourth-order valence-electron chi connectivity index (χ4n) is 3.07. The van der Waals surface area contributed by atoms with Gasteiger partial charge in [-0.3, -0.25) is 4.79 Å². The van der Waals surface area contributed by atoms with Crippen molar-refractivity contribution in [3.63, 3.8) is 0 Å². The van der Waals surface area contributed by atoms with E-state index in [0.717, 1.165) is 44.0 Å². The van der Waals surface area contributed by atoms with E-state index in [1.54, 1.807) is 11.9 Å². The topological polar surface area (TPSA) is 65.5 Å². The van der Waals surface area contributed by atoms with E-state index in [1.165, 1.54) is 0 Å². The molecule has 0 radical (unpaired) electrons. The van der Waals surface area contributed by atoms with Gasteiger partial charge in [0.15, 0.2) is 0 Å². The van der Waals surface area contributed by atoms with E-state index in [2.05, 4.69) is 10.3 Å². The minimum atomic E-state index is -4.38. The highest BCUT2D eigenvalue weighted by molar-refractivity contribution is 5.76. The summed E-state index contributed by atoms with van der Waals surface area (Å²) in [4.78, 5) is 17.6. The zero-order valence-corrected chi connectivity index (χ0v) is 14.9. The van der Waals surface area contributed by atoms with Crippen LogP contribution in [-0.4, -0.2) is 41.7 Å². The summed E-state index contributed by atoms with van der Waals surface area (Å²) in [6.45, 7) is 0.525. The van der Waals surface area contributed by atoms with Crippen LogP contribution >= 0.6 is 0 Å². The smallest absolute Gasteiger partial charge is 0.393 e. The van der Waals surface area contributed by atoms with Gasteiger partial charge in [0.25, 0.3) is 0 Å². The van der Waals surface area contributed by atoms with Crippen LogP contribution in [0.2, 0.25) is 0 Å². The third kappa shape index (κ3) is 6.48. The molecule has 26 heavy (non-hydrogen) atoms. The van der Waals surface area contributed by atoms with Gasteiger partial charge in [-0.1, -0.05) is 0 Å². The fraction of sp³-hybridized carbons (Fsp3) is 0.667. The Hall–Kier alpha value is -1.83. The number of aliphatic hydroxyl groups excluding tert-OH is 1. The SMILES string of the molecule is CN(CCCCC(=O)NC1CCC(O)CC1)c1cc(C(F)(F)F)ccn1. The van der Waals surface area contributed by atoms with Crippen LogP contribution in [-0.2, 0) is 11.0 Å². The number of pyridine rings is 1. The standard InChI is InChI=1S/C18H26F3N3O2/c1-24(16-12-13(9-10-22-16)18(19,20)21)11-3-2-4-17(26)23-14-5-7-15(25)8-6-14/h9-10,12,14-15,25H,2-8,11H2,1H3,(H,23,26). The van der Waals surface area contributed by atoms with Crippen molar-refractivity contribution in [1.82, 2.24) is 10.3 Å². The number of carbonyl (C=O) groups is 1. The van der Waals surface area contributed by atoms with Gasteiger partial charge in [-0.15, -0.1) is 0 Å². The average molecular weight is 373 g/mol. The van der Waals surface area contributed by atoms with Crippen LogP contribution in [0.1, 0.15) is 50.5 Å². The average Bonchev–Trinajstić information content (AvgIpc) is 2.60. The molecule has 1 heterocycles. The quantitative estimate of drug-likeness (QED) is 0.721. The van der Waals surface area contributed by atoms with Crippen LogP contribution < -0.4 is 10.2 Å². The third-order valence-electron chi connectivity index (χ3n) is 4.67. The number of aromatic nitrogens is 1. The molecule has 5 nitrogen and oxygen atoms in total. The highest BCUT2D eigenvalue weighted by Gasteiger charge is 2.31. The number of hydrogen-bond acceptors (Lipinski definition) is 4. The van der Waals surface area contributed by atoms with E-state index in [9.17, 15) is 23.1 Å². The van der Waals surface area contributed by atoms with Crippen molar-refractivity contribution in [2.45, 2.75) is 63.3 Å². The van der Waals surface area contributed by atoms with E-state index < -0.39 is 11.7 Å². The van der Waals surface area contributed by atoms with Crippen molar-refractivity contribution < 1.29 is 23.1 Å². The highest BCUT2D eigenvalue weighted by Crippen LogP contribution is 2.30. The molecule has 0 atom stereocenters. The van der Waals surface area contributed by atoms with Gasteiger partial charge in [0.05, 0.1) is 11.7 Å². The second-order valence-electron chi connectivity index (χ2n) is 6.85. The number of halogens is 3. The molecule has 1 aliphatic rings. The number of anilines is 1. The molecule has 8 heteroatoms. The summed E-state index contributed by atoms with van der Waals surface area (Å²) in [6, 6.07) is 2.12. The maximum Gasteiger partial charge on any atom is 0.416 e. The summed E-state index contributed by atoms with van der Waals surface area (Å²) in [5, 5.41) is 12.4. The number of unbranched alkanes of at least 4 members (excludes halogenated alkanes) is 1. The maximum atomic E-state index is 12.7. The predicted octanol–water partition coefficient (Wildman–Crippen LogP) is 3.13. The first kappa shape index (κ1) is 20.5.